The summed E-state index contributed by atoms with van der Waals surface area (Å²) in [5.41, 5.74) is 1.38. The highest BCUT2D eigenvalue weighted by molar-refractivity contribution is 5.81. The molecule has 0 radical (unpaired) electrons. The Labute approximate surface area is 175 Å². The Morgan fingerprint density at radius 3 is 2.63 bits per heavy atom. The summed E-state index contributed by atoms with van der Waals surface area (Å²) in [6.07, 6.45) is 1.29. The lowest BCUT2D eigenvalue weighted by molar-refractivity contribution is -0.918. The van der Waals surface area contributed by atoms with Gasteiger partial charge >= 0.3 is 5.63 Å². The van der Waals surface area contributed by atoms with Crippen LogP contribution in [0.15, 0.2) is 69.9 Å². The van der Waals surface area contributed by atoms with Crippen LogP contribution in [0.2, 0.25) is 0 Å². The van der Waals surface area contributed by atoms with E-state index in [1.54, 1.807) is 30.0 Å². The number of likely N-dealkylation sites (tertiary alicyclic amines) is 1. The summed E-state index contributed by atoms with van der Waals surface area (Å²) < 4.78 is 11.0. The van der Waals surface area contributed by atoms with Crippen molar-refractivity contribution < 1.29 is 18.8 Å². The van der Waals surface area contributed by atoms with E-state index in [1.165, 1.54) is 11.6 Å². The number of carbonyl (C=O) groups is 1. The molecule has 2 heterocycles. The average molecular weight is 407 g/mol. The molecule has 0 unspecified atom stereocenters. The first-order valence-electron chi connectivity index (χ1n) is 10.5. The number of hydrogen-bond acceptors (Lipinski definition) is 4. The van der Waals surface area contributed by atoms with E-state index in [0.717, 1.165) is 37.9 Å². The third kappa shape index (κ3) is 5.07. The molecule has 0 saturated carbocycles. The highest BCUT2D eigenvalue weighted by Crippen LogP contribution is 2.20. The number of ether oxygens (including phenoxy) is 1. The molecule has 6 nitrogen and oxygen atoms in total. The monoisotopic (exact) mass is 407 g/mol. The van der Waals surface area contributed by atoms with Crippen molar-refractivity contribution in [1.29, 1.82) is 0 Å². The largest absolute Gasteiger partial charge is 0.481 e. The maximum atomic E-state index is 12.6. The molecule has 3 aromatic rings. The van der Waals surface area contributed by atoms with Gasteiger partial charge in [-0.15, -0.1) is 0 Å². The van der Waals surface area contributed by atoms with Crippen molar-refractivity contribution in [2.45, 2.75) is 38.5 Å². The van der Waals surface area contributed by atoms with Crippen molar-refractivity contribution >= 4 is 16.9 Å². The first kappa shape index (κ1) is 20.2. The van der Waals surface area contributed by atoms with E-state index in [-0.39, 0.29) is 11.9 Å². The number of nitrogens with one attached hydrogen (secondary N) is 2. The van der Waals surface area contributed by atoms with E-state index in [1.807, 2.05) is 12.1 Å². The average Bonchev–Trinajstić information content (AvgIpc) is 2.75. The fourth-order valence-corrected chi connectivity index (χ4v) is 3.92. The maximum absolute atomic E-state index is 12.6. The van der Waals surface area contributed by atoms with Crippen LogP contribution < -0.4 is 20.6 Å². The van der Waals surface area contributed by atoms with Crippen LogP contribution in [0.3, 0.4) is 0 Å². The third-order valence-corrected chi connectivity index (χ3v) is 5.61. The zero-order valence-corrected chi connectivity index (χ0v) is 17.1. The summed E-state index contributed by atoms with van der Waals surface area (Å²) in [6.45, 7) is 4.84. The molecule has 1 aromatic heterocycles. The van der Waals surface area contributed by atoms with Crippen LogP contribution in [0.25, 0.3) is 11.0 Å². The predicted octanol–water partition coefficient (Wildman–Crippen LogP) is 1.92. The Bertz CT molecular complexity index is 1060. The van der Waals surface area contributed by atoms with Gasteiger partial charge in [-0.1, -0.05) is 30.3 Å². The molecular weight excluding hydrogens is 380 g/mol. The second-order valence-electron chi connectivity index (χ2n) is 7.91. The van der Waals surface area contributed by atoms with Crippen LogP contribution in [0.4, 0.5) is 0 Å². The van der Waals surface area contributed by atoms with Crippen molar-refractivity contribution in [3.8, 4) is 5.75 Å². The Kier molecular flexibility index (Phi) is 6.14. The molecule has 1 aliphatic rings. The third-order valence-electron chi connectivity index (χ3n) is 5.61. The molecule has 2 N–H and O–H groups in total. The van der Waals surface area contributed by atoms with E-state index < -0.39 is 11.7 Å². The molecule has 2 aromatic carbocycles. The van der Waals surface area contributed by atoms with Gasteiger partial charge in [-0.3, -0.25) is 4.79 Å². The summed E-state index contributed by atoms with van der Waals surface area (Å²) in [7, 11) is 0. The van der Waals surface area contributed by atoms with E-state index in [2.05, 4.69) is 29.6 Å². The number of carbonyl (C=O) groups excluding carboxylic acids is 1. The first-order valence-corrected chi connectivity index (χ1v) is 10.5. The van der Waals surface area contributed by atoms with Gasteiger partial charge in [0.15, 0.2) is 6.10 Å². The van der Waals surface area contributed by atoms with Crippen LogP contribution in [0.5, 0.6) is 5.75 Å². The van der Waals surface area contributed by atoms with E-state index in [4.69, 9.17) is 9.15 Å². The smallest absolute Gasteiger partial charge is 0.336 e. The minimum atomic E-state index is -0.632. The van der Waals surface area contributed by atoms with Crippen LogP contribution >= 0.6 is 0 Å². The highest BCUT2D eigenvalue weighted by Gasteiger charge is 2.25. The number of piperidine rings is 1. The topological polar surface area (TPSA) is 73.0 Å². The Morgan fingerprint density at radius 2 is 1.87 bits per heavy atom. The standard InChI is InChI=1S/C24H26N2O4/c1-17(29-21-9-7-19-8-10-23(27)30-22(19)15-21)24(28)25-20-11-13-26(14-12-20)16-18-5-3-2-4-6-18/h2-10,15,17,20H,11-14,16H2,1H3,(H,25,28)/p+1/t17-/m0/s1. The maximum Gasteiger partial charge on any atom is 0.336 e. The number of fused-ring (bicyclic) bond motifs is 1. The summed E-state index contributed by atoms with van der Waals surface area (Å²) in [4.78, 5) is 25.5. The van der Waals surface area contributed by atoms with Gasteiger partial charge in [0.1, 0.15) is 17.9 Å². The van der Waals surface area contributed by atoms with Crippen LogP contribution in [-0.4, -0.2) is 31.1 Å². The Balaban J connectivity index is 1.27. The normalized spacial score (nSPS) is 19.9. The van der Waals surface area contributed by atoms with Crippen LogP contribution in [0.1, 0.15) is 25.3 Å². The predicted molar refractivity (Wildman–Crippen MR) is 115 cm³/mol. The molecule has 1 amide bonds. The fraction of sp³-hybridized carbons (Fsp3) is 0.333. The van der Waals surface area contributed by atoms with Crippen molar-refractivity contribution in [1.82, 2.24) is 5.32 Å². The molecular formula is C24H27N2O4+. The van der Waals surface area contributed by atoms with Crippen molar-refractivity contribution in [3.05, 3.63) is 76.6 Å². The summed E-state index contributed by atoms with van der Waals surface area (Å²) in [6, 6.07) is 19.0. The Morgan fingerprint density at radius 1 is 1.13 bits per heavy atom. The van der Waals surface area contributed by atoms with Crippen molar-refractivity contribution in [2.24, 2.45) is 0 Å². The van der Waals surface area contributed by atoms with E-state index in [0.29, 0.717) is 11.3 Å². The van der Waals surface area contributed by atoms with Gasteiger partial charge in [-0.05, 0) is 25.1 Å². The molecule has 1 fully saturated rings. The minimum Gasteiger partial charge on any atom is -0.481 e. The molecule has 1 atom stereocenters. The first-order chi connectivity index (χ1) is 14.6. The van der Waals surface area contributed by atoms with Gasteiger partial charge in [-0.2, -0.15) is 0 Å². The molecule has 0 bridgehead atoms. The summed E-state index contributed by atoms with van der Waals surface area (Å²) >= 11 is 0. The van der Waals surface area contributed by atoms with E-state index in [9.17, 15) is 9.59 Å². The molecule has 0 aliphatic carbocycles. The van der Waals surface area contributed by atoms with Gasteiger partial charge in [0.2, 0.25) is 0 Å². The lowest BCUT2D eigenvalue weighted by Gasteiger charge is -2.30. The van der Waals surface area contributed by atoms with E-state index >= 15 is 0 Å². The SMILES string of the molecule is C[C@H](Oc1ccc2ccc(=O)oc2c1)C(=O)NC1CC[NH+](Cc2ccccc2)CC1. The molecule has 156 valence electrons. The molecule has 1 saturated heterocycles. The fourth-order valence-electron chi connectivity index (χ4n) is 3.92. The van der Waals surface area contributed by atoms with Crippen molar-refractivity contribution in [2.75, 3.05) is 13.1 Å². The molecule has 4 rings (SSSR count). The quantitative estimate of drug-likeness (QED) is 0.613. The number of hydrogen-bond donors (Lipinski definition) is 2. The zero-order valence-electron chi connectivity index (χ0n) is 17.1. The molecule has 1 aliphatic heterocycles. The second-order valence-corrected chi connectivity index (χ2v) is 7.91. The van der Waals surface area contributed by atoms with Gasteiger partial charge in [0.05, 0.1) is 13.1 Å². The van der Waals surface area contributed by atoms with Crippen LogP contribution in [0, 0.1) is 0 Å². The van der Waals surface area contributed by atoms with Gasteiger partial charge in [-0.25, -0.2) is 4.79 Å². The van der Waals surface area contributed by atoms with Crippen LogP contribution in [-0.2, 0) is 11.3 Å². The minimum absolute atomic E-state index is 0.124. The summed E-state index contributed by atoms with van der Waals surface area (Å²) in [5, 5.41) is 3.93. The molecule has 6 heteroatoms. The lowest BCUT2D eigenvalue weighted by atomic mass is 10.0. The lowest BCUT2D eigenvalue weighted by Crippen LogP contribution is -3.12. The summed E-state index contributed by atoms with van der Waals surface area (Å²) in [5.74, 6) is 0.378. The second kappa shape index (κ2) is 9.13. The number of rotatable bonds is 6. The number of quaternary nitrogens is 1. The molecule has 0 spiro atoms. The molecule has 30 heavy (non-hydrogen) atoms. The van der Waals surface area contributed by atoms with Gasteiger partial charge < -0.3 is 19.4 Å². The van der Waals surface area contributed by atoms with Gasteiger partial charge in [0, 0.05) is 42.0 Å². The highest BCUT2D eigenvalue weighted by atomic mass is 16.5. The van der Waals surface area contributed by atoms with Crippen molar-refractivity contribution in [3.63, 3.8) is 0 Å². The van der Waals surface area contributed by atoms with Gasteiger partial charge in [0.25, 0.3) is 5.91 Å². The zero-order chi connectivity index (χ0) is 20.9. The Hall–Kier alpha value is -3.12. The number of amides is 1. The number of benzene rings is 2.